The fraction of sp³-hybridized carbons (Fsp3) is 0.467. The Bertz CT molecular complexity index is 504. The summed E-state index contributed by atoms with van der Waals surface area (Å²) in [5.74, 6) is -0.133. The maximum atomic E-state index is 12.0. The number of hydrogen-bond donors (Lipinski definition) is 2. The van der Waals surface area contributed by atoms with Crippen LogP contribution in [0.2, 0.25) is 0 Å². The number of amides is 2. The first kappa shape index (κ1) is 15.9. The van der Waals surface area contributed by atoms with Gasteiger partial charge in [0.25, 0.3) is 0 Å². The van der Waals surface area contributed by atoms with E-state index in [4.69, 9.17) is 5.14 Å². The molecule has 0 aliphatic carbocycles. The van der Waals surface area contributed by atoms with Crippen molar-refractivity contribution in [3.8, 4) is 0 Å². The summed E-state index contributed by atoms with van der Waals surface area (Å²) < 4.78 is 0. The van der Waals surface area contributed by atoms with Crippen LogP contribution in [-0.2, 0) is 16.0 Å². The number of nitrogens with two attached hydrogens (primary N) is 1. The summed E-state index contributed by atoms with van der Waals surface area (Å²) in [4.78, 5) is 26.3. The third-order valence-electron chi connectivity index (χ3n) is 3.80. The van der Waals surface area contributed by atoms with E-state index in [0.29, 0.717) is 19.5 Å². The average molecular weight is 307 g/mol. The lowest BCUT2D eigenvalue weighted by molar-refractivity contribution is -0.139. The number of hydrogen-bond acceptors (Lipinski definition) is 4. The second-order valence-electron chi connectivity index (χ2n) is 5.31. The van der Waals surface area contributed by atoms with Gasteiger partial charge in [0.1, 0.15) is 0 Å². The minimum Gasteiger partial charge on any atom is -0.356 e. The van der Waals surface area contributed by atoms with Gasteiger partial charge in [-0.15, -0.1) is 0 Å². The van der Waals surface area contributed by atoms with Crippen LogP contribution in [0.15, 0.2) is 29.2 Å². The van der Waals surface area contributed by atoms with Gasteiger partial charge in [-0.05, 0) is 42.5 Å². The summed E-state index contributed by atoms with van der Waals surface area (Å²) in [5.41, 5.74) is 1.16. The minimum absolute atomic E-state index is 0.00872. The molecule has 1 aliphatic rings. The molecule has 5 nitrogen and oxygen atoms in total. The van der Waals surface area contributed by atoms with E-state index < -0.39 is 0 Å². The first-order valence-electron chi connectivity index (χ1n) is 7.07. The monoisotopic (exact) mass is 307 g/mol. The summed E-state index contributed by atoms with van der Waals surface area (Å²) in [6.45, 7) is 1.25. The van der Waals surface area contributed by atoms with E-state index in [9.17, 15) is 9.59 Å². The average Bonchev–Trinajstić information content (AvgIpc) is 2.50. The van der Waals surface area contributed by atoms with Crippen LogP contribution in [0.3, 0.4) is 0 Å². The van der Waals surface area contributed by atoms with Gasteiger partial charge in [0.15, 0.2) is 0 Å². The highest BCUT2D eigenvalue weighted by Gasteiger charge is 2.28. The minimum atomic E-state index is -0.176. The number of carbonyl (C=O) groups excluding carboxylic acids is 2. The lowest BCUT2D eigenvalue weighted by atomic mass is 9.95. The highest BCUT2D eigenvalue weighted by Crippen LogP contribution is 2.17. The number of nitrogens with zero attached hydrogens (tertiary/aromatic N) is 1. The second kappa shape index (κ2) is 7.47. The van der Waals surface area contributed by atoms with Crippen molar-refractivity contribution in [3.63, 3.8) is 0 Å². The fourth-order valence-electron chi connectivity index (χ4n) is 2.38. The van der Waals surface area contributed by atoms with Gasteiger partial charge in [-0.25, -0.2) is 0 Å². The summed E-state index contributed by atoms with van der Waals surface area (Å²) in [5, 5.41) is 8.40. The van der Waals surface area contributed by atoms with Crippen LogP contribution in [0.5, 0.6) is 0 Å². The van der Waals surface area contributed by atoms with Crippen molar-refractivity contribution < 1.29 is 9.59 Å². The Balaban J connectivity index is 1.75. The Kier molecular flexibility index (Phi) is 5.64. The molecule has 0 saturated carbocycles. The number of benzene rings is 1. The first-order valence-corrected chi connectivity index (χ1v) is 7.95. The molecular weight excluding hydrogens is 286 g/mol. The van der Waals surface area contributed by atoms with Crippen molar-refractivity contribution >= 4 is 23.8 Å². The number of carbonyl (C=O) groups is 2. The molecule has 0 bridgehead atoms. The van der Waals surface area contributed by atoms with Crippen molar-refractivity contribution in [2.45, 2.75) is 24.2 Å². The second-order valence-corrected chi connectivity index (χ2v) is 6.01. The molecule has 6 heteroatoms. The Morgan fingerprint density at radius 3 is 2.76 bits per heavy atom. The van der Waals surface area contributed by atoms with Crippen molar-refractivity contribution in [3.05, 3.63) is 29.8 Å². The molecule has 0 radical (unpaired) electrons. The van der Waals surface area contributed by atoms with Gasteiger partial charge < -0.3 is 10.2 Å². The molecule has 1 saturated heterocycles. The summed E-state index contributed by atoms with van der Waals surface area (Å²) in [6.07, 6.45) is 1.85. The molecular formula is C15H21N3O2S. The van der Waals surface area contributed by atoms with E-state index in [2.05, 4.69) is 5.32 Å². The Morgan fingerprint density at radius 2 is 2.14 bits per heavy atom. The zero-order chi connectivity index (χ0) is 15.2. The number of likely N-dealkylation sites (tertiary alicyclic amines) is 1. The number of piperidine rings is 1. The predicted molar refractivity (Wildman–Crippen MR) is 83.6 cm³/mol. The molecule has 1 fully saturated rings. The van der Waals surface area contributed by atoms with Gasteiger partial charge in [-0.1, -0.05) is 12.1 Å². The van der Waals surface area contributed by atoms with Crippen molar-refractivity contribution in [2.24, 2.45) is 11.1 Å². The predicted octanol–water partition coefficient (Wildman–Crippen LogP) is 1.18. The molecule has 1 aromatic rings. The standard InChI is InChI=1S/C15H21N3O2S/c1-18-9-7-12(10-14(18)19)15(20)17-8-6-11-2-4-13(21-16)5-3-11/h2-5,12H,6-10,16H2,1H3,(H,17,20). The Morgan fingerprint density at radius 1 is 1.43 bits per heavy atom. The Hall–Kier alpha value is -1.53. The summed E-state index contributed by atoms with van der Waals surface area (Å²) >= 11 is 1.22. The first-order chi connectivity index (χ1) is 10.1. The van der Waals surface area contributed by atoms with E-state index >= 15 is 0 Å². The highest BCUT2D eigenvalue weighted by molar-refractivity contribution is 7.97. The van der Waals surface area contributed by atoms with E-state index in [1.807, 2.05) is 24.3 Å². The lowest BCUT2D eigenvalue weighted by Gasteiger charge is -2.27. The van der Waals surface area contributed by atoms with Crippen LogP contribution in [0.1, 0.15) is 18.4 Å². The van der Waals surface area contributed by atoms with Crippen LogP contribution in [0, 0.1) is 5.92 Å². The number of nitrogens with one attached hydrogen (secondary N) is 1. The van der Waals surface area contributed by atoms with E-state index in [-0.39, 0.29) is 17.7 Å². The molecule has 1 aromatic carbocycles. The topological polar surface area (TPSA) is 75.4 Å². The Labute approximate surface area is 129 Å². The number of rotatable bonds is 5. The van der Waals surface area contributed by atoms with Gasteiger partial charge in [0.2, 0.25) is 11.8 Å². The van der Waals surface area contributed by atoms with Crippen molar-refractivity contribution in [1.29, 1.82) is 0 Å². The van der Waals surface area contributed by atoms with E-state index in [0.717, 1.165) is 23.3 Å². The van der Waals surface area contributed by atoms with Crippen LogP contribution in [0.4, 0.5) is 0 Å². The lowest BCUT2D eigenvalue weighted by Crippen LogP contribution is -2.42. The fourth-order valence-corrected chi connectivity index (χ4v) is 2.67. The molecule has 1 unspecified atom stereocenters. The van der Waals surface area contributed by atoms with Gasteiger partial charge in [-0.2, -0.15) is 0 Å². The third-order valence-corrected chi connectivity index (χ3v) is 4.35. The van der Waals surface area contributed by atoms with Crippen molar-refractivity contribution in [2.75, 3.05) is 20.1 Å². The van der Waals surface area contributed by atoms with Crippen LogP contribution < -0.4 is 10.5 Å². The normalized spacial score (nSPS) is 18.7. The van der Waals surface area contributed by atoms with Gasteiger partial charge in [0.05, 0.1) is 0 Å². The highest BCUT2D eigenvalue weighted by atomic mass is 32.2. The molecule has 1 aliphatic heterocycles. The molecule has 114 valence electrons. The molecule has 2 rings (SSSR count). The van der Waals surface area contributed by atoms with Gasteiger partial charge in [0, 0.05) is 37.4 Å². The zero-order valence-electron chi connectivity index (χ0n) is 12.2. The quantitative estimate of drug-likeness (QED) is 0.801. The molecule has 21 heavy (non-hydrogen) atoms. The molecule has 1 heterocycles. The largest absolute Gasteiger partial charge is 0.356 e. The van der Waals surface area contributed by atoms with Crippen LogP contribution >= 0.6 is 11.9 Å². The summed E-state index contributed by atoms with van der Waals surface area (Å²) in [6, 6.07) is 7.97. The van der Waals surface area contributed by atoms with E-state index in [1.165, 1.54) is 11.9 Å². The van der Waals surface area contributed by atoms with Crippen LogP contribution in [-0.4, -0.2) is 36.9 Å². The van der Waals surface area contributed by atoms with E-state index in [1.54, 1.807) is 11.9 Å². The zero-order valence-corrected chi connectivity index (χ0v) is 13.0. The maximum Gasteiger partial charge on any atom is 0.223 e. The van der Waals surface area contributed by atoms with Crippen molar-refractivity contribution in [1.82, 2.24) is 10.2 Å². The molecule has 0 spiro atoms. The molecule has 0 aromatic heterocycles. The SMILES string of the molecule is CN1CCC(C(=O)NCCc2ccc(SN)cc2)CC1=O. The molecule has 1 atom stereocenters. The van der Waals surface area contributed by atoms with Gasteiger partial charge >= 0.3 is 0 Å². The third kappa shape index (κ3) is 4.47. The molecule has 3 N–H and O–H groups in total. The maximum absolute atomic E-state index is 12.0. The van der Waals surface area contributed by atoms with Crippen LogP contribution in [0.25, 0.3) is 0 Å². The summed E-state index contributed by atoms with van der Waals surface area (Å²) in [7, 11) is 1.78. The van der Waals surface area contributed by atoms with Gasteiger partial charge in [-0.3, -0.25) is 14.7 Å². The smallest absolute Gasteiger partial charge is 0.223 e. The molecule has 2 amide bonds.